The van der Waals surface area contributed by atoms with Crippen molar-refractivity contribution in [2.75, 3.05) is 31.9 Å². The normalized spacial score (nSPS) is 28.0. The van der Waals surface area contributed by atoms with Crippen molar-refractivity contribution in [1.82, 2.24) is 35.1 Å². The van der Waals surface area contributed by atoms with Gasteiger partial charge in [-0.1, -0.05) is 0 Å². The first-order chi connectivity index (χ1) is 18.3. The number of likely N-dealkylation sites (tertiary alicyclic amines) is 1. The fourth-order valence-corrected chi connectivity index (χ4v) is 5.10. The average Bonchev–Trinajstić information content (AvgIpc) is 3.58. The molecule has 3 fully saturated rings. The average molecular weight is 533 g/mol. The van der Waals surface area contributed by atoms with Gasteiger partial charge in [-0.2, -0.15) is 0 Å². The van der Waals surface area contributed by atoms with Crippen LogP contribution in [0.5, 0.6) is 0 Å². The monoisotopic (exact) mass is 532 g/mol. The van der Waals surface area contributed by atoms with Crippen LogP contribution in [-0.2, 0) is 25.5 Å². The number of hydrogen-bond acceptors (Lipinski definition) is 11. The number of fused-ring (bicyclic) bond motifs is 1. The zero-order valence-corrected chi connectivity index (χ0v) is 20.9. The summed E-state index contributed by atoms with van der Waals surface area (Å²) in [6.45, 7) is 3.56. The van der Waals surface area contributed by atoms with Crippen molar-refractivity contribution in [3.8, 4) is 0 Å². The maximum atomic E-state index is 12.4. The van der Waals surface area contributed by atoms with Crippen LogP contribution in [0.3, 0.4) is 0 Å². The molecule has 15 nitrogen and oxygen atoms in total. The molecule has 0 saturated carbocycles. The molecular weight excluding hydrogens is 500 g/mol. The number of nitrogens with two attached hydrogens (primary N) is 1. The molecule has 5 atom stereocenters. The Morgan fingerprint density at radius 3 is 2.68 bits per heavy atom. The van der Waals surface area contributed by atoms with Crippen molar-refractivity contribution in [2.24, 2.45) is 5.92 Å². The van der Waals surface area contributed by atoms with E-state index in [2.05, 4.69) is 25.6 Å². The summed E-state index contributed by atoms with van der Waals surface area (Å²) in [6, 6.07) is 0. The van der Waals surface area contributed by atoms with Gasteiger partial charge < -0.3 is 41.0 Å². The maximum absolute atomic E-state index is 12.4. The second kappa shape index (κ2) is 10.7. The van der Waals surface area contributed by atoms with Gasteiger partial charge in [0.1, 0.15) is 23.5 Å². The highest BCUT2D eigenvalue weighted by Gasteiger charge is 2.47. The van der Waals surface area contributed by atoms with E-state index in [-0.39, 0.29) is 17.6 Å². The minimum atomic E-state index is -1.43. The van der Waals surface area contributed by atoms with Crippen LogP contribution in [0.15, 0.2) is 6.33 Å². The second-order valence-electron chi connectivity index (χ2n) is 9.76. The molecule has 0 aliphatic carbocycles. The molecule has 3 aliphatic heterocycles. The number of nitrogen functional groups attached to an aromatic ring is 1. The molecule has 38 heavy (non-hydrogen) atoms. The zero-order valence-electron chi connectivity index (χ0n) is 20.9. The Kier molecular flexibility index (Phi) is 7.32. The number of carbonyl (C=O) groups excluding carboxylic acids is 3. The third-order valence-corrected chi connectivity index (χ3v) is 7.20. The van der Waals surface area contributed by atoms with Crippen molar-refractivity contribution in [3.63, 3.8) is 0 Å². The van der Waals surface area contributed by atoms with Crippen molar-refractivity contribution in [2.45, 2.75) is 63.3 Å². The molecule has 5 rings (SSSR count). The third kappa shape index (κ3) is 4.96. The summed E-state index contributed by atoms with van der Waals surface area (Å²) in [7, 11) is 0. The number of ether oxygens (including phenoxy) is 2. The molecule has 0 spiro atoms. The Morgan fingerprint density at radius 1 is 1.24 bits per heavy atom. The van der Waals surface area contributed by atoms with Crippen LogP contribution in [0.25, 0.3) is 11.2 Å². The van der Waals surface area contributed by atoms with Crippen LogP contribution >= 0.6 is 0 Å². The highest BCUT2D eigenvalue weighted by atomic mass is 16.6. The van der Waals surface area contributed by atoms with Crippen molar-refractivity contribution < 1.29 is 34.1 Å². The fourth-order valence-electron chi connectivity index (χ4n) is 5.10. The van der Waals surface area contributed by atoms with Gasteiger partial charge in [-0.05, 0) is 25.7 Å². The Labute approximate surface area is 217 Å². The van der Waals surface area contributed by atoms with E-state index in [1.54, 1.807) is 11.8 Å². The van der Waals surface area contributed by atoms with Crippen LogP contribution < -0.4 is 16.4 Å². The number of rotatable bonds is 6. The van der Waals surface area contributed by atoms with Gasteiger partial charge >= 0.3 is 6.09 Å². The molecule has 3 saturated heterocycles. The molecule has 5 heterocycles. The van der Waals surface area contributed by atoms with Crippen LogP contribution in [-0.4, -0.2) is 103 Å². The largest absolute Gasteiger partial charge is 0.436 e. The van der Waals surface area contributed by atoms with Gasteiger partial charge in [-0.25, -0.2) is 19.7 Å². The molecule has 2 aromatic heterocycles. The number of aromatic nitrogens is 4. The van der Waals surface area contributed by atoms with Crippen LogP contribution in [0.2, 0.25) is 0 Å². The first-order valence-corrected chi connectivity index (χ1v) is 12.8. The standard InChI is InChI=1S/C23H32N8O7/c1-2-25-21(35)17-15(32)16(33)22(38-17)31-10-27-14-18(24)28-13(29-19(14)31)9-11-4-7-30(8-5-11)23(36)37-12-3-6-26-20(12)34/h10-12,15-17,22,32-33H,2-9H2,1H3,(H,25,35)(H,26,34)(H2,24,28,29)/t12?,15?,16?,17-,22+/m0/s1. The predicted octanol–water partition coefficient (Wildman–Crippen LogP) is -1.56. The highest BCUT2D eigenvalue weighted by Crippen LogP contribution is 2.32. The van der Waals surface area contributed by atoms with E-state index in [1.807, 2.05) is 0 Å². The minimum absolute atomic E-state index is 0.160. The molecule has 6 N–H and O–H groups in total. The van der Waals surface area contributed by atoms with Crippen molar-refractivity contribution >= 4 is 34.9 Å². The molecule has 15 heteroatoms. The Morgan fingerprint density at radius 2 is 2.00 bits per heavy atom. The number of piperidine rings is 1. The van der Waals surface area contributed by atoms with E-state index in [0.717, 1.165) is 0 Å². The molecule has 3 unspecified atom stereocenters. The topological polar surface area (TPSA) is 207 Å². The molecule has 3 amide bonds. The molecule has 2 aromatic rings. The molecule has 206 valence electrons. The maximum Gasteiger partial charge on any atom is 0.410 e. The number of hydrogen-bond donors (Lipinski definition) is 5. The van der Waals surface area contributed by atoms with Gasteiger partial charge in [0.05, 0.1) is 6.33 Å². The zero-order chi connectivity index (χ0) is 27.0. The fraction of sp³-hybridized carbons (Fsp3) is 0.652. The Balaban J connectivity index is 1.25. The molecule has 3 aliphatic rings. The second-order valence-corrected chi connectivity index (χ2v) is 9.76. The summed E-state index contributed by atoms with van der Waals surface area (Å²) in [4.78, 5) is 51.2. The Hall–Kier alpha value is -3.56. The first kappa shape index (κ1) is 26.1. The number of carbonyl (C=O) groups is 3. The van der Waals surface area contributed by atoms with Crippen molar-refractivity contribution in [1.29, 1.82) is 0 Å². The van der Waals surface area contributed by atoms with E-state index >= 15 is 0 Å². The van der Waals surface area contributed by atoms with E-state index in [1.165, 1.54) is 10.9 Å². The van der Waals surface area contributed by atoms with Gasteiger partial charge in [0.25, 0.3) is 11.8 Å². The van der Waals surface area contributed by atoms with Gasteiger partial charge in [0.15, 0.2) is 29.9 Å². The lowest BCUT2D eigenvalue weighted by Gasteiger charge is -2.31. The van der Waals surface area contributed by atoms with E-state index in [0.29, 0.717) is 68.9 Å². The third-order valence-electron chi connectivity index (χ3n) is 7.20. The van der Waals surface area contributed by atoms with Gasteiger partial charge in [0.2, 0.25) is 0 Å². The number of anilines is 1. The van der Waals surface area contributed by atoms with Gasteiger partial charge in [0, 0.05) is 39.0 Å². The van der Waals surface area contributed by atoms with Crippen molar-refractivity contribution in [3.05, 3.63) is 12.2 Å². The highest BCUT2D eigenvalue weighted by molar-refractivity contribution is 5.85. The number of imidazole rings is 1. The number of amides is 3. The number of aliphatic hydroxyl groups excluding tert-OH is 2. The first-order valence-electron chi connectivity index (χ1n) is 12.8. The summed E-state index contributed by atoms with van der Waals surface area (Å²) in [5, 5.41) is 26.2. The number of nitrogens with zero attached hydrogens (tertiary/aromatic N) is 5. The summed E-state index contributed by atoms with van der Waals surface area (Å²) in [6.07, 6.45) is -2.63. The van der Waals surface area contributed by atoms with E-state index in [4.69, 9.17) is 15.2 Å². The Bertz CT molecular complexity index is 1210. The summed E-state index contributed by atoms with van der Waals surface area (Å²) in [5.41, 5.74) is 6.79. The lowest BCUT2D eigenvalue weighted by molar-refractivity contribution is -0.137. The molecule has 0 aromatic carbocycles. The van der Waals surface area contributed by atoms with Crippen LogP contribution in [0, 0.1) is 5.92 Å². The van der Waals surface area contributed by atoms with Crippen LogP contribution in [0.4, 0.5) is 10.6 Å². The minimum Gasteiger partial charge on any atom is -0.436 e. The number of likely N-dealkylation sites (N-methyl/N-ethyl adjacent to an activating group) is 1. The van der Waals surface area contributed by atoms with E-state index in [9.17, 15) is 24.6 Å². The van der Waals surface area contributed by atoms with Gasteiger partial charge in [-0.15, -0.1) is 0 Å². The SMILES string of the molecule is CCNC(=O)[C@H]1O[C@@H](n2cnc3c(N)nc(CC4CCN(C(=O)OC5CCNC5=O)CC4)nc32)C(O)C1O. The summed E-state index contributed by atoms with van der Waals surface area (Å²) in [5.74, 6) is 0.0193. The van der Waals surface area contributed by atoms with Crippen LogP contribution in [0.1, 0.15) is 38.2 Å². The number of nitrogens with one attached hydrogen (secondary N) is 2. The van der Waals surface area contributed by atoms with E-state index < -0.39 is 42.6 Å². The molecule has 0 radical (unpaired) electrons. The molecular formula is C23H32N8O7. The smallest absolute Gasteiger partial charge is 0.410 e. The predicted molar refractivity (Wildman–Crippen MR) is 130 cm³/mol. The summed E-state index contributed by atoms with van der Waals surface area (Å²) >= 11 is 0. The number of aliphatic hydroxyl groups is 2. The molecule has 0 bridgehead atoms. The quantitative estimate of drug-likeness (QED) is 0.287. The van der Waals surface area contributed by atoms with Gasteiger partial charge in [-0.3, -0.25) is 14.2 Å². The lowest BCUT2D eigenvalue weighted by atomic mass is 9.93. The summed E-state index contributed by atoms with van der Waals surface area (Å²) < 4.78 is 12.5. The lowest BCUT2D eigenvalue weighted by Crippen LogP contribution is -2.42.